The van der Waals surface area contributed by atoms with Crippen LogP contribution < -0.4 is 5.73 Å². The summed E-state index contributed by atoms with van der Waals surface area (Å²) < 4.78 is 10.5. The van der Waals surface area contributed by atoms with Gasteiger partial charge in [-0.1, -0.05) is 19.0 Å². The first-order valence-electron chi connectivity index (χ1n) is 5.49. The van der Waals surface area contributed by atoms with E-state index < -0.39 is 0 Å². The van der Waals surface area contributed by atoms with Crippen molar-refractivity contribution in [1.29, 1.82) is 0 Å². The fourth-order valence-corrected chi connectivity index (χ4v) is 1.21. The molecule has 0 fully saturated rings. The van der Waals surface area contributed by atoms with Crippen LogP contribution in [0.4, 0.5) is 0 Å². The molecule has 16 heavy (non-hydrogen) atoms. The van der Waals surface area contributed by atoms with Crippen LogP contribution in [-0.2, 0) is 11.2 Å². The first-order valence-corrected chi connectivity index (χ1v) is 5.49. The molecule has 0 aliphatic rings. The molecule has 1 aromatic heterocycles. The minimum Gasteiger partial charge on any atom is -0.378 e. The van der Waals surface area contributed by atoms with Gasteiger partial charge >= 0.3 is 0 Å². The Bertz CT molecular complexity index is 334. The topological polar surface area (TPSA) is 74.2 Å². The predicted octanol–water partition coefficient (Wildman–Crippen LogP) is 1.69. The molecule has 0 saturated heterocycles. The van der Waals surface area contributed by atoms with E-state index in [2.05, 4.69) is 10.1 Å². The molecule has 92 valence electrons. The van der Waals surface area contributed by atoms with Gasteiger partial charge in [0, 0.05) is 7.11 Å². The van der Waals surface area contributed by atoms with Crippen LogP contribution in [0.2, 0.25) is 0 Å². The first-order chi connectivity index (χ1) is 7.35. The van der Waals surface area contributed by atoms with E-state index in [1.165, 1.54) is 0 Å². The van der Waals surface area contributed by atoms with Crippen molar-refractivity contribution in [2.75, 3.05) is 7.11 Å². The van der Waals surface area contributed by atoms with Crippen molar-refractivity contribution in [2.45, 2.75) is 45.8 Å². The molecular weight excluding hydrogens is 206 g/mol. The first kappa shape index (κ1) is 13.1. The highest BCUT2D eigenvalue weighted by atomic mass is 16.5. The summed E-state index contributed by atoms with van der Waals surface area (Å²) in [6.45, 7) is 8.00. The third-order valence-corrected chi connectivity index (χ3v) is 2.63. The van der Waals surface area contributed by atoms with E-state index in [-0.39, 0.29) is 11.6 Å². The lowest BCUT2D eigenvalue weighted by atomic mass is 10.0. The number of hydrogen-bond donors (Lipinski definition) is 1. The number of nitrogens with two attached hydrogens (primary N) is 1. The van der Waals surface area contributed by atoms with Gasteiger partial charge in [0.2, 0.25) is 5.89 Å². The van der Waals surface area contributed by atoms with Crippen LogP contribution in [0, 0.1) is 5.92 Å². The fraction of sp³-hybridized carbons (Fsp3) is 0.818. The largest absolute Gasteiger partial charge is 0.378 e. The van der Waals surface area contributed by atoms with Crippen LogP contribution in [0.25, 0.3) is 0 Å². The second-order valence-corrected chi connectivity index (χ2v) is 4.96. The standard InChI is InChI=1S/C11H21N3O2/c1-7(2)9(12)10-13-8(16-14-10)6-11(3,4)15-5/h7,9H,6,12H2,1-5H3. The average Bonchev–Trinajstić information content (AvgIpc) is 2.64. The molecule has 0 bridgehead atoms. The van der Waals surface area contributed by atoms with Gasteiger partial charge in [0.05, 0.1) is 18.1 Å². The summed E-state index contributed by atoms with van der Waals surface area (Å²) in [6.07, 6.45) is 0.585. The molecule has 0 aliphatic heterocycles. The Morgan fingerprint density at radius 3 is 2.56 bits per heavy atom. The van der Waals surface area contributed by atoms with Gasteiger partial charge in [0.25, 0.3) is 0 Å². The molecule has 0 aliphatic carbocycles. The van der Waals surface area contributed by atoms with Crippen LogP contribution in [0.5, 0.6) is 0 Å². The van der Waals surface area contributed by atoms with Crippen LogP contribution >= 0.6 is 0 Å². The lowest BCUT2D eigenvalue weighted by molar-refractivity contribution is 0.0170. The summed E-state index contributed by atoms with van der Waals surface area (Å²) in [4.78, 5) is 4.28. The Kier molecular flexibility index (Phi) is 4.04. The summed E-state index contributed by atoms with van der Waals surface area (Å²) >= 11 is 0. The predicted molar refractivity (Wildman–Crippen MR) is 60.9 cm³/mol. The van der Waals surface area contributed by atoms with Crippen LogP contribution in [0.15, 0.2) is 4.52 Å². The summed E-state index contributed by atoms with van der Waals surface area (Å²) in [5, 5.41) is 3.89. The van der Waals surface area contributed by atoms with Gasteiger partial charge in [-0.15, -0.1) is 0 Å². The highest BCUT2D eigenvalue weighted by Gasteiger charge is 2.23. The van der Waals surface area contributed by atoms with E-state index in [9.17, 15) is 0 Å². The van der Waals surface area contributed by atoms with Crippen molar-refractivity contribution < 1.29 is 9.26 Å². The molecular formula is C11H21N3O2. The number of hydrogen-bond acceptors (Lipinski definition) is 5. The Morgan fingerprint density at radius 2 is 2.06 bits per heavy atom. The molecule has 0 amide bonds. The van der Waals surface area contributed by atoms with Crippen LogP contribution in [-0.4, -0.2) is 22.9 Å². The smallest absolute Gasteiger partial charge is 0.229 e. The molecule has 0 spiro atoms. The number of nitrogens with zero attached hydrogens (tertiary/aromatic N) is 2. The van der Waals surface area contributed by atoms with Crippen molar-refractivity contribution >= 4 is 0 Å². The molecule has 0 aromatic carbocycles. The monoisotopic (exact) mass is 227 g/mol. The summed E-state index contributed by atoms with van der Waals surface area (Å²) in [6, 6.07) is -0.178. The van der Waals surface area contributed by atoms with Crippen LogP contribution in [0.1, 0.15) is 45.5 Å². The van der Waals surface area contributed by atoms with Gasteiger partial charge in [-0.25, -0.2) is 0 Å². The maximum atomic E-state index is 5.93. The highest BCUT2D eigenvalue weighted by Crippen LogP contribution is 2.18. The second-order valence-electron chi connectivity index (χ2n) is 4.96. The zero-order chi connectivity index (χ0) is 12.3. The van der Waals surface area contributed by atoms with E-state index in [4.69, 9.17) is 15.0 Å². The fourth-order valence-electron chi connectivity index (χ4n) is 1.21. The van der Waals surface area contributed by atoms with E-state index in [0.717, 1.165) is 0 Å². The average molecular weight is 227 g/mol. The van der Waals surface area contributed by atoms with Gasteiger partial charge in [-0.05, 0) is 19.8 Å². The lowest BCUT2D eigenvalue weighted by Crippen LogP contribution is -2.25. The molecule has 1 unspecified atom stereocenters. The van der Waals surface area contributed by atoms with Gasteiger partial charge < -0.3 is 15.0 Å². The highest BCUT2D eigenvalue weighted by molar-refractivity contribution is 4.96. The molecule has 5 heteroatoms. The molecule has 2 N–H and O–H groups in total. The number of aromatic nitrogens is 2. The van der Waals surface area contributed by atoms with Crippen molar-refractivity contribution in [3.8, 4) is 0 Å². The minimum atomic E-state index is -0.300. The van der Waals surface area contributed by atoms with Gasteiger partial charge in [0.1, 0.15) is 0 Å². The second kappa shape index (κ2) is 4.93. The molecule has 1 rings (SSSR count). The number of rotatable bonds is 5. The summed E-state index contributed by atoms with van der Waals surface area (Å²) in [5.74, 6) is 1.43. The quantitative estimate of drug-likeness (QED) is 0.828. The van der Waals surface area contributed by atoms with Crippen molar-refractivity contribution in [2.24, 2.45) is 11.7 Å². The molecule has 1 heterocycles. The van der Waals surface area contributed by atoms with Gasteiger partial charge in [-0.3, -0.25) is 0 Å². The summed E-state index contributed by atoms with van der Waals surface area (Å²) in [5.41, 5.74) is 5.63. The van der Waals surface area contributed by atoms with Crippen molar-refractivity contribution in [3.05, 3.63) is 11.7 Å². The maximum absolute atomic E-state index is 5.93. The van der Waals surface area contributed by atoms with Crippen molar-refractivity contribution in [1.82, 2.24) is 10.1 Å². The Labute approximate surface area is 96.4 Å². The lowest BCUT2D eigenvalue weighted by Gasteiger charge is -2.20. The number of ether oxygens (including phenoxy) is 1. The third kappa shape index (κ3) is 3.28. The zero-order valence-corrected chi connectivity index (χ0v) is 10.7. The van der Waals surface area contributed by atoms with E-state index in [0.29, 0.717) is 24.1 Å². The Morgan fingerprint density at radius 1 is 1.44 bits per heavy atom. The Balaban J connectivity index is 2.72. The maximum Gasteiger partial charge on any atom is 0.229 e. The van der Waals surface area contributed by atoms with Crippen LogP contribution in [0.3, 0.4) is 0 Å². The van der Waals surface area contributed by atoms with E-state index in [1.54, 1.807) is 7.11 Å². The van der Waals surface area contributed by atoms with Crippen molar-refractivity contribution in [3.63, 3.8) is 0 Å². The Hall–Kier alpha value is -0.940. The third-order valence-electron chi connectivity index (χ3n) is 2.63. The van der Waals surface area contributed by atoms with Gasteiger partial charge in [-0.2, -0.15) is 4.98 Å². The SMILES string of the molecule is COC(C)(C)Cc1nc(C(N)C(C)C)no1. The van der Waals surface area contributed by atoms with E-state index in [1.807, 2.05) is 27.7 Å². The molecule has 1 aromatic rings. The molecule has 0 radical (unpaired) electrons. The number of methoxy groups -OCH3 is 1. The normalized spacial score (nSPS) is 14.4. The van der Waals surface area contributed by atoms with E-state index >= 15 is 0 Å². The molecule has 5 nitrogen and oxygen atoms in total. The molecule has 0 saturated carbocycles. The minimum absolute atomic E-state index is 0.178. The van der Waals surface area contributed by atoms with Gasteiger partial charge in [0.15, 0.2) is 5.82 Å². The molecule has 1 atom stereocenters. The summed E-state index contributed by atoms with van der Waals surface area (Å²) in [7, 11) is 1.66. The zero-order valence-electron chi connectivity index (χ0n) is 10.7.